The molecule has 0 unspecified atom stereocenters. The van der Waals surface area contributed by atoms with Crippen molar-refractivity contribution in [3.8, 4) is 16.9 Å². The van der Waals surface area contributed by atoms with Crippen LogP contribution in [0, 0.1) is 17.6 Å². The maximum Gasteiger partial charge on any atom is 0.493 e. The summed E-state index contributed by atoms with van der Waals surface area (Å²) >= 11 is 0. The van der Waals surface area contributed by atoms with E-state index < -0.39 is 18.8 Å². The molecule has 0 bridgehead atoms. The summed E-state index contributed by atoms with van der Waals surface area (Å²) in [6, 6.07) is 10.5. The first-order valence-electron chi connectivity index (χ1n) is 16.1. The molecule has 0 spiro atoms. The lowest BCUT2D eigenvalue weighted by molar-refractivity contribution is 0.0810. The van der Waals surface area contributed by atoms with Gasteiger partial charge in [0.25, 0.3) is 0 Å². The number of hydrogen-bond donors (Lipinski definition) is 0. The molecule has 0 N–H and O–H groups in total. The van der Waals surface area contributed by atoms with Crippen LogP contribution in [0.4, 0.5) is 8.78 Å². The van der Waals surface area contributed by atoms with Gasteiger partial charge in [-0.15, -0.1) is 0 Å². The Kier molecular flexibility index (Phi) is 15.7. The van der Waals surface area contributed by atoms with Gasteiger partial charge in [0.2, 0.25) is 5.82 Å². The third-order valence-electron chi connectivity index (χ3n) is 7.98. The lowest BCUT2D eigenvalue weighted by atomic mass is 9.76. The topological polar surface area (TPSA) is 27.7 Å². The van der Waals surface area contributed by atoms with Crippen molar-refractivity contribution in [3.63, 3.8) is 0 Å². The molecule has 2 aromatic rings. The van der Waals surface area contributed by atoms with E-state index in [-0.39, 0.29) is 11.3 Å². The summed E-state index contributed by atoms with van der Waals surface area (Å²) in [6.45, 7) is 6.26. The first kappa shape index (κ1) is 32.6. The summed E-state index contributed by atoms with van der Waals surface area (Å²) < 4.78 is 47.2. The summed E-state index contributed by atoms with van der Waals surface area (Å²) in [4.78, 5) is 0. The van der Waals surface area contributed by atoms with Crippen LogP contribution in [0.1, 0.15) is 117 Å². The fraction of sp³-hybridized carbons (Fsp3) is 0.647. The van der Waals surface area contributed by atoms with E-state index in [1.807, 2.05) is 12.1 Å². The molecule has 1 aliphatic rings. The van der Waals surface area contributed by atoms with Crippen molar-refractivity contribution in [2.75, 3.05) is 19.8 Å². The van der Waals surface area contributed by atoms with Crippen LogP contribution < -0.4 is 10.2 Å². The molecular weight excluding hydrogens is 505 g/mol. The number of halogens is 2. The molecule has 0 atom stereocenters. The molecule has 0 radical (unpaired) electrons. The Hall–Kier alpha value is -1.92. The number of ether oxygens (including phenoxy) is 1. The van der Waals surface area contributed by atoms with Gasteiger partial charge >= 0.3 is 7.12 Å². The van der Waals surface area contributed by atoms with Crippen molar-refractivity contribution < 1.29 is 22.8 Å². The minimum absolute atomic E-state index is 0.0177. The monoisotopic (exact) mass is 556 g/mol. The molecule has 1 aliphatic heterocycles. The van der Waals surface area contributed by atoms with Crippen molar-refractivity contribution in [2.45, 2.75) is 117 Å². The predicted molar refractivity (Wildman–Crippen MR) is 163 cm³/mol. The molecule has 0 amide bonds. The number of unbranched alkanes of at least 4 members (excludes halogenated alkanes) is 13. The van der Waals surface area contributed by atoms with Crippen molar-refractivity contribution in [1.82, 2.24) is 0 Å². The zero-order chi connectivity index (χ0) is 28.4. The third kappa shape index (κ3) is 11.2. The smallest absolute Gasteiger partial charge is 0.490 e. The first-order chi connectivity index (χ1) is 19.6. The van der Waals surface area contributed by atoms with Gasteiger partial charge in [0, 0.05) is 24.7 Å². The Labute approximate surface area is 242 Å². The second kappa shape index (κ2) is 19.3. The fourth-order valence-corrected chi connectivity index (χ4v) is 5.40. The van der Waals surface area contributed by atoms with Crippen LogP contribution in [0.15, 0.2) is 36.4 Å². The van der Waals surface area contributed by atoms with Crippen LogP contribution in [-0.2, 0) is 9.31 Å². The van der Waals surface area contributed by atoms with Crippen molar-refractivity contribution in [3.05, 3.63) is 48.0 Å². The van der Waals surface area contributed by atoms with E-state index in [9.17, 15) is 8.78 Å². The number of benzene rings is 2. The zero-order valence-electron chi connectivity index (χ0n) is 25.0. The summed E-state index contributed by atoms with van der Waals surface area (Å²) in [5, 5.41) is 0. The molecule has 2 aromatic carbocycles. The summed E-state index contributed by atoms with van der Waals surface area (Å²) in [5.41, 5.74) is 1.73. The lowest BCUT2D eigenvalue weighted by Gasteiger charge is -2.27. The Bertz CT molecular complexity index is 945. The lowest BCUT2D eigenvalue weighted by Crippen LogP contribution is -2.44. The predicted octanol–water partition coefficient (Wildman–Crippen LogP) is 9.65. The van der Waals surface area contributed by atoms with Crippen molar-refractivity contribution in [2.24, 2.45) is 5.92 Å². The maximum atomic E-state index is 14.9. The molecule has 0 saturated carbocycles. The molecule has 222 valence electrons. The van der Waals surface area contributed by atoms with Crippen LogP contribution >= 0.6 is 0 Å². The second-order valence-corrected chi connectivity index (χ2v) is 11.5. The van der Waals surface area contributed by atoms with Crippen LogP contribution in [0.5, 0.6) is 5.75 Å². The Balaban J connectivity index is 1.39. The van der Waals surface area contributed by atoms with Gasteiger partial charge in [-0.25, -0.2) is 4.39 Å². The highest BCUT2D eigenvalue weighted by molar-refractivity contribution is 6.61. The largest absolute Gasteiger partial charge is 0.493 e. The normalized spacial score (nSPS) is 14.2. The van der Waals surface area contributed by atoms with Crippen LogP contribution in [0.25, 0.3) is 11.1 Å². The first-order valence-corrected chi connectivity index (χ1v) is 16.1. The van der Waals surface area contributed by atoms with Gasteiger partial charge < -0.3 is 14.0 Å². The van der Waals surface area contributed by atoms with Gasteiger partial charge in [0.15, 0.2) is 11.6 Å². The second-order valence-electron chi connectivity index (χ2n) is 11.5. The van der Waals surface area contributed by atoms with Gasteiger partial charge in [-0.1, -0.05) is 128 Å². The Morgan fingerprint density at radius 3 is 1.82 bits per heavy atom. The highest BCUT2D eigenvalue weighted by Crippen LogP contribution is 2.30. The van der Waals surface area contributed by atoms with Crippen LogP contribution in [0.2, 0.25) is 0 Å². The highest BCUT2D eigenvalue weighted by atomic mass is 19.2. The van der Waals surface area contributed by atoms with Crippen molar-refractivity contribution >= 4 is 12.6 Å². The van der Waals surface area contributed by atoms with Crippen molar-refractivity contribution in [1.29, 1.82) is 0 Å². The molecule has 6 heteroatoms. The number of rotatable bonds is 20. The molecule has 0 aliphatic carbocycles. The standard InChI is InChI=1S/C34H51BF2O3/c1-3-5-7-9-11-13-15-17-25-38-32-24-23-31(33(36)34(32)37)29-19-21-30(22-20-29)35-39-26-28(27-40-35)18-16-14-12-10-8-6-4-2/h19-24,28H,3-18,25-27H2,1-2H3. The summed E-state index contributed by atoms with van der Waals surface area (Å²) in [6.07, 6.45) is 19.7. The van der Waals surface area contributed by atoms with E-state index in [1.54, 1.807) is 18.2 Å². The molecule has 3 nitrogen and oxygen atoms in total. The average Bonchev–Trinajstić information content (AvgIpc) is 2.98. The molecule has 0 aromatic heterocycles. The quantitative estimate of drug-likeness (QED) is 0.120. The summed E-state index contributed by atoms with van der Waals surface area (Å²) in [7, 11) is -0.409. The molecular formula is C34H51BF2O3. The average molecular weight is 557 g/mol. The number of hydrogen-bond acceptors (Lipinski definition) is 3. The molecule has 1 heterocycles. The molecule has 40 heavy (non-hydrogen) atoms. The van der Waals surface area contributed by atoms with E-state index in [0.29, 0.717) is 31.3 Å². The maximum absolute atomic E-state index is 14.9. The summed E-state index contributed by atoms with van der Waals surface area (Å²) in [5.74, 6) is -1.37. The van der Waals surface area contributed by atoms with Gasteiger partial charge in [0.1, 0.15) is 0 Å². The van der Waals surface area contributed by atoms with E-state index in [4.69, 9.17) is 14.0 Å². The fourth-order valence-electron chi connectivity index (χ4n) is 5.40. The molecule has 1 saturated heterocycles. The van der Waals surface area contributed by atoms with E-state index in [2.05, 4.69) is 13.8 Å². The Morgan fingerprint density at radius 2 is 1.23 bits per heavy atom. The van der Waals surface area contributed by atoms with E-state index in [1.165, 1.54) is 83.1 Å². The van der Waals surface area contributed by atoms with Crippen LogP contribution in [0.3, 0.4) is 0 Å². The van der Waals surface area contributed by atoms with E-state index in [0.717, 1.165) is 31.1 Å². The SMILES string of the molecule is CCCCCCCCCCOc1ccc(-c2ccc(B3OCC(CCCCCCCCC)CO3)cc2)c(F)c1F. The van der Waals surface area contributed by atoms with Gasteiger partial charge in [-0.05, 0) is 36.0 Å². The minimum Gasteiger partial charge on any atom is -0.490 e. The van der Waals surface area contributed by atoms with Crippen LogP contribution in [-0.4, -0.2) is 26.9 Å². The Morgan fingerprint density at radius 1 is 0.675 bits per heavy atom. The zero-order valence-corrected chi connectivity index (χ0v) is 25.0. The highest BCUT2D eigenvalue weighted by Gasteiger charge is 2.29. The molecule has 1 fully saturated rings. The minimum atomic E-state index is -0.924. The third-order valence-corrected chi connectivity index (χ3v) is 7.98. The van der Waals surface area contributed by atoms with Gasteiger partial charge in [-0.2, -0.15) is 4.39 Å². The van der Waals surface area contributed by atoms with E-state index >= 15 is 0 Å². The van der Waals surface area contributed by atoms with Gasteiger partial charge in [-0.3, -0.25) is 0 Å². The van der Waals surface area contributed by atoms with Gasteiger partial charge in [0.05, 0.1) is 6.61 Å². The molecule has 3 rings (SSSR count).